The van der Waals surface area contributed by atoms with Gasteiger partial charge in [-0.25, -0.2) is 4.79 Å². The van der Waals surface area contributed by atoms with Crippen LogP contribution in [0, 0.1) is 18.3 Å². The first-order valence-electron chi connectivity index (χ1n) is 3.92. The molecule has 0 radical (unpaired) electrons. The highest BCUT2D eigenvalue weighted by Crippen LogP contribution is 2.23. The van der Waals surface area contributed by atoms with Gasteiger partial charge < -0.3 is 9.84 Å². The summed E-state index contributed by atoms with van der Waals surface area (Å²) in [6.45, 7) is 1.71. The van der Waals surface area contributed by atoms with E-state index in [9.17, 15) is 4.79 Å². The Kier molecular flexibility index (Phi) is 2.73. The number of carboxylic acid groups (broad SMARTS) is 1. The normalized spacial score (nSPS) is 9.21. The summed E-state index contributed by atoms with van der Waals surface area (Å²) in [4.78, 5) is 10.7. The molecule has 0 aliphatic carbocycles. The van der Waals surface area contributed by atoms with E-state index in [0.717, 1.165) is 0 Å². The van der Waals surface area contributed by atoms with Gasteiger partial charge in [0.15, 0.2) is 0 Å². The number of nitrogens with zero attached hydrogens (tertiary/aromatic N) is 1. The Labute approximate surface area is 81.4 Å². The lowest BCUT2D eigenvalue weighted by atomic mass is 10.0. The van der Waals surface area contributed by atoms with Crippen LogP contribution in [-0.2, 0) is 0 Å². The van der Waals surface area contributed by atoms with E-state index in [2.05, 4.69) is 0 Å². The summed E-state index contributed by atoms with van der Waals surface area (Å²) in [6, 6.07) is 4.66. The Balaban J connectivity index is 3.41. The van der Waals surface area contributed by atoms with Crippen molar-refractivity contribution in [2.45, 2.75) is 6.92 Å². The van der Waals surface area contributed by atoms with Crippen LogP contribution >= 0.6 is 0 Å². The summed E-state index contributed by atoms with van der Waals surface area (Å²) < 4.78 is 4.96. The summed E-state index contributed by atoms with van der Waals surface area (Å²) in [5, 5.41) is 17.5. The van der Waals surface area contributed by atoms with E-state index in [0.29, 0.717) is 16.9 Å². The minimum atomic E-state index is -1.07. The highest BCUT2D eigenvalue weighted by atomic mass is 16.5. The van der Waals surface area contributed by atoms with E-state index in [1.165, 1.54) is 19.2 Å². The standard InChI is InChI=1S/C10H9NO3/c1-6-8(5-11)3-7(10(12)13)4-9(6)14-2/h3-4H,1-2H3,(H,12,13). The van der Waals surface area contributed by atoms with Crippen molar-refractivity contribution in [2.75, 3.05) is 7.11 Å². The lowest BCUT2D eigenvalue weighted by molar-refractivity contribution is 0.0696. The summed E-state index contributed by atoms with van der Waals surface area (Å²) in [5.41, 5.74) is 1.03. The minimum Gasteiger partial charge on any atom is -0.496 e. The number of methoxy groups -OCH3 is 1. The fraction of sp³-hybridized carbons (Fsp3) is 0.200. The van der Waals surface area contributed by atoms with Gasteiger partial charge in [0.05, 0.1) is 24.3 Å². The molecule has 0 bridgehead atoms. The first-order valence-corrected chi connectivity index (χ1v) is 3.92. The smallest absolute Gasteiger partial charge is 0.335 e. The fourth-order valence-corrected chi connectivity index (χ4v) is 1.14. The third kappa shape index (κ3) is 1.67. The molecule has 0 aromatic heterocycles. The van der Waals surface area contributed by atoms with Gasteiger partial charge in [0.1, 0.15) is 5.75 Å². The predicted molar refractivity (Wildman–Crippen MR) is 49.4 cm³/mol. The van der Waals surface area contributed by atoms with Crippen LogP contribution in [0.1, 0.15) is 21.5 Å². The zero-order valence-corrected chi connectivity index (χ0v) is 7.87. The van der Waals surface area contributed by atoms with Crippen LogP contribution in [0.2, 0.25) is 0 Å². The molecule has 72 valence electrons. The summed E-state index contributed by atoms with van der Waals surface area (Å²) >= 11 is 0. The highest BCUT2D eigenvalue weighted by molar-refractivity contribution is 5.89. The van der Waals surface area contributed by atoms with Crippen LogP contribution in [0.5, 0.6) is 5.75 Å². The molecule has 1 rings (SSSR count). The molecule has 0 saturated heterocycles. The third-order valence-electron chi connectivity index (χ3n) is 1.95. The van der Waals surface area contributed by atoms with Gasteiger partial charge >= 0.3 is 5.97 Å². The topological polar surface area (TPSA) is 70.3 Å². The van der Waals surface area contributed by atoms with Gasteiger partial charge in [-0.05, 0) is 19.1 Å². The molecule has 4 nitrogen and oxygen atoms in total. The number of ether oxygens (including phenoxy) is 1. The molecule has 0 atom stereocenters. The third-order valence-corrected chi connectivity index (χ3v) is 1.95. The number of carbonyl (C=O) groups is 1. The maximum absolute atomic E-state index is 10.7. The van der Waals surface area contributed by atoms with Crippen LogP contribution in [0.25, 0.3) is 0 Å². The first kappa shape index (κ1) is 10.1. The van der Waals surface area contributed by atoms with Gasteiger partial charge in [0.2, 0.25) is 0 Å². The monoisotopic (exact) mass is 191 g/mol. The van der Waals surface area contributed by atoms with Gasteiger partial charge in [-0.15, -0.1) is 0 Å². The van der Waals surface area contributed by atoms with E-state index < -0.39 is 5.97 Å². The maximum atomic E-state index is 10.7. The maximum Gasteiger partial charge on any atom is 0.335 e. The van der Waals surface area contributed by atoms with E-state index in [4.69, 9.17) is 15.1 Å². The van der Waals surface area contributed by atoms with Crippen LogP contribution in [-0.4, -0.2) is 18.2 Å². The molecule has 14 heavy (non-hydrogen) atoms. The quantitative estimate of drug-likeness (QED) is 0.770. The molecule has 0 heterocycles. The van der Waals surface area contributed by atoms with Crippen molar-refractivity contribution in [3.8, 4) is 11.8 Å². The van der Waals surface area contributed by atoms with Crippen molar-refractivity contribution < 1.29 is 14.6 Å². The molecule has 4 heteroatoms. The SMILES string of the molecule is COc1cc(C(=O)O)cc(C#N)c1C. The second kappa shape index (κ2) is 3.79. The van der Waals surface area contributed by atoms with Crippen LogP contribution in [0.3, 0.4) is 0 Å². The lowest BCUT2D eigenvalue weighted by Crippen LogP contribution is -2.00. The van der Waals surface area contributed by atoms with E-state index in [-0.39, 0.29) is 5.56 Å². The molecule has 0 spiro atoms. The zero-order chi connectivity index (χ0) is 10.7. The number of nitriles is 1. The molecule has 1 aromatic rings. The molecule has 0 aliphatic heterocycles. The molecular weight excluding hydrogens is 182 g/mol. The molecule has 1 aromatic carbocycles. The Morgan fingerprint density at radius 1 is 1.57 bits per heavy atom. The van der Waals surface area contributed by atoms with Crippen molar-refractivity contribution in [2.24, 2.45) is 0 Å². The average Bonchev–Trinajstić information content (AvgIpc) is 2.17. The van der Waals surface area contributed by atoms with Crippen LogP contribution in [0.4, 0.5) is 0 Å². The van der Waals surface area contributed by atoms with E-state index in [1.807, 2.05) is 6.07 Å². The van der Waals surface area contributed by atoms with Gasteiger partial charge in [-0.1, -0.05) is 0 Å². The Bertz CT molecular complexity index is 418. The van der Waals surface area contributed by atoms with Crippen molar-refractivity contribution in [1.29, 1.82) is 5.26 Å². The molecule has 0 aliphatic rings. The van der Waals surface area contributed by atoms with Crippen LogP contribution < -0.4 is 4.74 Å². The zero-order valence-electron chi connectivity index (χ0n) is 7.87. The number of hydrogen-bond donors (Lipinski definition) is 1. The van der Waals surface area contributed by atoms with Crippen molar-refractivity contribution in [1.82, 2.24) is 0 Å². The van der Waals surface area contributed by atoms with Crippen molar-refractivity contribution in [3.05, 3.63) is 28.8 Å². The number of rotatable bonds is 2. The molecule has 0 saturated carbocycles. The van der Waals surface area contributed by atoms with Gasteiger partial charge in [0, 0.05) is 5.56 Å². The first-order chi connectivity index (χ1) is 6.60. The van der Waals surface area contributed by atoms with E-state index >= 15 is 0 Å². The fourth-order valence-electron chi connectivity index (χ4n) is 1.14. The predicted octanol–water partition coefficient (Wildman–Crippen LogP) is 1.57. The molecule has 0 amide bonds. The summed E-state index contributed by atoms with van der Waals surface area (Å²) in [5.74, 6) is -0.652. The molecule has 0 fully saturated rings. The number of hydrogen-bond acceptors (Lipinski definition) is 3. The lowest BCUT2D eigenvalue weighted by Gasteiger charge is -2.06. The van der Waals surface area contributed by atoms with E-state index in [1.54, 1.807) is 6.92 Å². The van der Waals surface area contributed by atoms with Crippen molar-refractivity contribution in [3.63, 3.8) is 0 Å². The highest BCUT2D eigenvalue weighted by Gasteiger charge is 2.11. The second-order valence-corrected chi connectivity index (χ2v) is 2.77. The van der Waals surface area contributed by atoms with Crippen molar-refractivity contribution >= 4 is 5.97 Å². The van der Waals surface area contributed by atoms with Crippen LogP contribution in [0.15, 0.2) is 12.1 Å². The number of benzene rings is 1. The molecule has 1 N–H and O–H groups in total. The minimum absolute atomic E-state index is 0.0593. The Morgan fingerprint density at radius 2 is 2.21 bits per heavy atom. The van der Waals surface area contributed by atoms with Gasteiger partial charge in [-0.2, -0.15) is 5.26 Å². The average molecular weight is 191 g/mol. The largest absolute Gasteiger partial charge is 0.496 e. The van der Waals surface area contributed by atoms with Gasteiger partial charge in [-0.3, -0.25) is 0 Å². The summed E-state index contributed by atoms with van der Waals surface area (Å²) in [7, 11) is 1.44. The Hall–Kier alpha value is -2.02. The summed E-state index contributed by atoms with van der Waals surface area (Å²) in [6.07, 6.45) is 0. The molecule has 0 unspecified atom stereocenters. The Morgan fingerprint density at radius 3 is 2.64 bits per heavy atom. The molecular formula is C10H9NO3. The number of aromatic carboxylic acids is 1. The second-order valence-electron chi connectivity index (χ2n) is 2.77. The van der Waals surface area contributed by atoms with Gasteiger partial charge in [0.25, 0.3) is 0 Å². The number of carboxylic acids is 1.